The molecular formula is C11H14N4O. The Bertz CT molecular complexity index is 440. The maximum atomic E-state index is 5.27. The Morgan fingerprint density at radius 1 is 1.31 bits per heavy atom. The molecule has 2 aromatic rings. The fourth-order valence-corrected chi connectivity index (χ4v) is 1.42. The molecule has 2 heterocycles. The molecule has 16 heavy (non-hydrogen) atoms. The third-order valence-electron chi connectivity index (χ3n) is 2.33. The van der Waals surface area contributed by atoms with Gasteiger partial charge in [0.2, 0.25) is 11.8 Å². The van der Waals surface area contributed by atoms with Gasteiger partial charge in [-0.25, -0.2) is 0 Å². The lowest BCUT2D eigenvalue weighted by Gasteiger charge is -2.11. The SMILES string of the molecule is Cc1nnc(CN[C@@H](C)c2ccncc2)o1. The van der Waals surface area contributed by atoms with Gasteiger partial charge in [0.25, 0.3) is 0 Å². The predicted octanol–water partition coefficient (Wildman–Crippen LogP) is 1.62. The molecule has 0 fully saturated rings. The highest BCUT2D eigenvalue weighted by atomic mass is 16.4. The van der Waals surface area contributed by atoms with Crippen molar-refractivity contribution in [3.05, 3.63) is 41.9 Å². The monoisotopic (exact) mass is 218 g/mol. The number of aromatic nitrogens is 3. The number of nitrogens with one attached hydrogen (secondary N) is 1. The summed E-state index contributed by atoms with van der Waals surface area (Å²) in [4.78, 5) is 3.98. The molecule has 0 bridgehead atoms. The van der Waals surface area contributed by atoms with E-state index in [2.05, 4.69) is 27.4 Å². The molecule has 0 aromatic carbocycles. The van der Waals surface area contributed by atoms with E-state index < -0.39 is 0 Å². The summed E-state index contributed by atoms with van der Waals surface area (Å²) in [5, 5.41) is 11.0. The number of nitrogens with zero attached hydrogens (tertiary/aromatic N) is 3. The number of hydrogen-bond donors (Lipinski definition) is 1. The number of rotatable bonds is 4. The van der Waals surface area contributed by atoms with Crippen LogP contribution in [-0.2, 0) is 6.54 Å². The van der Waals surface area contributed by atoms with Crippen LogP contribution in [0.2, 0.25) is 0 Å². The molecule has 0 amide bonds. The van der Waals surface area contributed by atoms with Crippen molar-refractivity contribution >= 4 is 0 Å². The largest absolute Gasteiger partial charge is 0.424 e. The molecule has 0 radical (unpaired) electrons. The topological polar surface area (TPSA) is 63.8 Å². The van der Waals surface area contributed by atoms with Crippen molar-refractivity contribution in [2.24, 2.45) is 0 Å². The molecule has 84 valence electrons. The van der Waals surface area contributed by atoms with Gasteiger partial charge in [-0.15, -0.1) is 10.2 Å². The van der Waals surface area contributed by atoms with E-state index in [1.54, 1.807) is 19.3 Å². The van der Waals surface area contributed by atoms with E-state index in [1.165, 1.54) is 5.56 Å². The summed E-state index contributed by atoms with van der Waals surface area (Å²) in [6.07, 6.45) is 3.56. The van der Waals surface area contributed by atoms with Crippen molar-refractivity contribution in [1.82, 2.24) is 20.5 Å². The van der Waals surface area contributed by atoms with Crippen molar-refractivity contribution in [3.8, 4) is 0 Å². The van der Waals surface area contributed by atoms with Crippen molar-refractivity contribution in [2.75, 3.05) is 0 Å². The van der Waals surface area contributed by atoms with Crippen LogP contribution in [0.15, 0.2) is 28.9 Å². The van der Waals surface area contributed by atoms with Gasteiger partial charge in [0.05, 0.1) is 6.54 Å². The van der Waals surface area contributed by atoms with Crippen LogP contribution in [0.3, 0.4) is 0 Å². The molecule has 5 nitrogen and oxygen atoms in total. The number of pyridine rings is 1. The summed E-state index contributed by atoms with van der Waals surface area (Å²) in [7, 11) is 0. The summed E-state index contributed by atoms with van der Waals surface area (Å²) in [6.45, 7) is 4.44. The average Bonchev–Trinajstić information content (AvgIpc) is 2.73. The van der Waals surface area contributed by atoms with Crippen LogP contribution in [0.4, 0.5) is 0 Å². The Morgan fingerprint density at radius 2 is 2.06 bits per heavy atom. The van der Waals surface area contributed by atoms with Crippen molar-refractivity contribution < 1.29 is 4.42 Å². The lowest BCUT2D eigenvalue weighted by Crippen LogP contribution is -2.18. The summed E-state index contributed by atoms with van der Waals surface area (Å²) in [6, 6.07) is 4.20. The Hall–Kier alpha value is -1.75. The fourth-order valence-electron chi connectivity index (χ4n) is 1.42. The van der Waals surface area contributed by atoms with E-state index >= 15 is 0 Å². The predicted molar refractivity (Wildman–Crippen MR) is 58.5 cm³/mol. The Morgan fingerprint density at radius 3 is 2.69 bits per heavy atom. The average molecular weight is 218 g/mol. The maximum absolute atomic E-state index is 5.27. The second kappa shape index (κ2) is 4.85. The normalized spacial score (nSPS) is 12.6. The minimum absolute atomic E-state index is 0.232. The van der Waals surface area contributed by atoms with E-state index in [1.807, 2.05) is 12.1 Å². The smallest absolute Gasteiger partial charge is 0.230 e. The minimum atomic E-state index is 0.232. The molecule has 0 aliphatic heterocycles. The standard InChI is InChI=1S/C11H14N4O/c1-8(10-3-5-12-6-4-10)13-7-11-15-14-9(2)16-11/h3-6,8,13H,7H2,1-2H3/t8-/m0/s1. The highest BCUT2D eigenvalue weighted by molar-refractivity contribution is 5.13. The van der Waals surface area contributed by atoms with Gasteiger partial charge in [0, 0.05) is 25.4 Å². The van der Waals surface area contributed by atoms with Crippen LogP contribution in [0.1, 0.15) is 30.3 Å². The second-order valence-corrected chi connectivity index (χ2v) is 3.60. The molecule has 0 unspecified atom stereocenters. The zero-order chi connectivity index (χ0) is 11.4. The molecule has 0 aliphatic carbocycles. The third-order valence-corrected chi connectivity index (χ3v) is 2.33. The third kappa shape index (κ3) is 2.64. The molecule has 0 spiro atoms. The number of hydrogen-bond acceptors (Lipinski definition) is 5. The molecule has 5 heteroatoms. The highest BCUT2D eigenvalue weighted by Gasteiger charge is 2.07. The Labute approximate surface area is 93.9 Å². The molecule has 1 N–H and O–H groups in total. The van der Waals surface area contributed by atoms with Crippen molar-refractivity contribution in [1.29, 1.82) is 0 Å². The molecular weight excluding hydrogens is 204 g/mol. The van der Waals surface area contributed by atoms with Crippen LogP contribution in [0.5, 0.6) is 0 Å². The fraction of sp³-hybridized carbons (Fsp3) is 0.364. The maximum Gasteiger partial charge on any atom is 0.230 e. The van der Waals surface area contributed by atoms with Crippen LogP contribution >= 0.6 is 0 Å². The van der Waals surface area contributed by atoms with E-state index in [0.29, 0.717) is 18.3 Å². The minimum Gasteiger partial charge on any atom is -0.424 e. The Kier molecular flexibility index (Phi) is 3.26. The van der Waals surface area contributed by atoms with Gasteiger partial charge in [0.1, 0.15) is 0 Å². The highest BCUT2D eigenvalue weighted by Crippen LogP contribution is 2.10. The van der Waals surface area contributed by atoms with Crippen LogP contribution in [0, 0.1) is 6.92 Å². The van der Waals surface area contributed by atoms with Gasteiger partial charge in [-0.3, -0.25) is 4.98 Å². The number of aryl methyl sites for hydroxylation is 1. The second-order valence-electron chi connectivity index (χ2n) is 3.60. The summed E-state index contributed by atoms with van der Waals surface area (Å²) in [5.74, 6) is 1.20. The van der Waals surface area contributed by atoms with Gasteiger partial charge in [-0.1, -0.05) is 0 Å². The zero-order valence-corrected chi connectivity index (χ0v) is 9.34. The molecule has 1 atom stereocenters. The molecule has 0 saturated carbocycles. The van der Waals surface area contributed by atoms with Crippen LogP contribution in [0.25, 0.3) is 0 Å². The van der Waals surface area contributed by atoms with Crippen LogP contribution in [-0.4, -0.2) is 15.2 Å². The first-order valence-electron chi connectivity index (χ1n) is 5.18. The quantitative estimate of drug-likeness (QED) is 0.844. The van der Waals surface area contributed by atoms with E-state index in [-0.39, 0.29) is 6.04 Å². The molecule has 0 aliphatic rings. The lowest BCUT2D eigenvalue weighted by atomic mass is 10.1. The molecule has 2 rings (SSSR count). The summed E-state index contributed by atoms with van der Waals surface area (Å²) in [5.41, 5.74) is 1.19. The van der Waals surface area contributed by atoms with Gasteiger partial charge < -0.3 is 9.73 Å². The Balaban J connectivity index is 1.91. The zero-order valence-electron chi connectivity index (χ0n) is 9.34. The van der Waals surface area contributed by atoms with E-state index in [4.69, 9.17) is 4.42 Å². The van der Waals surface area contributed by atoms with Crippen molar-refractivity contribution in [3.63, 3.8) is 0 Å². The van der Waals surface area contributed by atoms with Gasteiger partial charge in [0.15, 0.2) is 0 Å². The van der Waals surface area contributed by atoms with E-state index in [0.717, 1.165) is 0 Å². The van der Waals surface area contributed by atoms with E-state index in [9.17, 15) is 0 Å². The molecule has 2 aromatic heterocycles. The van der Waals surface area contributed by atoms with Gasteiger partial charge in [-0.05, 0) is 24.6 Å². The lowest BCUT2D eigenvalue weighted by molar-refractivity contribution is 0.430. The summed E-state index contributed by atoms with van der Waals surface area (Å²) >= 11 is 0. The van der Waals surface area contributed by atoms with Crippen LogP contribution < -0.4 is 5.32 Å². The van der Waals surface area contributed by atoms with Gasteiger partial charge in [-0.2, -0.15) is 0 Å². The first kappa shape index (κ1) is 10.8. The first-order chi connectivity index (χ1) is 7.75. The first-order valence-corrected chi connectivity index (χ1v) is 5.18. The van der Waals surface area contributed by atoms with Crippen molar-refractivity contribution in [2.45, 2.75) is 26.4 Å². The molecule has 0 saturated heterocycles. The van der Waals surface area contributed by atoms with Gasteiger partial charge >= 0.3 is 0 Å². The summed E-state index contributed by atoms with van der Waals surface area (Å²) < 4.78 is 5.27.